The molecule has 1 aliphatic heterocycles. The number of nitrogens with zero attached hydrogens (tertiary/aromatic N) is 3. The molecule has 186 valence electrons. The van der Waals surface area contributed by atoms with Crippen LogP contribution in [0.15, 0.2) is 78.9 Å². The number of imidazole rings is 1. The lowest BCUT2D eigenvalue weighted by atomic mass is 10.0. The van der Waals surface area contributed by atoms with Gasteiger partial charge in [0.25, 0.3) is 0 Å². The van der Waals surface area contributed by atoms with E-state index in [0.29, 0.717) is 32.0 Å². The number of para-hydroxylation sites is 3. The number of hydrogen-bond donors (Lipinski definition) is 0. The number of carbonyl (C=O) groups is 1. The molecular weight excluding hydrogens is 446 g/mol. The van der Waals surface area contributed by atoms with Crippen molar-refractivity contribution >= 4 is 16.9 Å². The highest BCUT2D eigenvalue weighted by Gasteiger charge is 2.33. The number of unbranched alkanes of at least 4 members (excludes halogenated alkanes) is 1. The quantitative estimate of drug-likeness (QED) is 0.242. The zero-order valence-electron chi connectivity index (χ0n) is 21.3. The van der Waals surface area contributed by atoms with Gasteiger partial charge >= 0.3 is 0 Å². The van der Waals surface area contributed by atoms with Crippen LogP contribution in [0.25, 0.3) is 11.0 Å². The molecule has 1 aliphatic rings. The standard InChI is InChI=1S/C31H35N3O2/c1-23(2)26-14-6-9-17-29(26)36-19-11-10-18-34-28-16-8-7-15-27(28)32-31(34)25-20-30(35)33(22-25)21-24-12-4-3-5-13-24/h3-9,12-17,23,25H,10-11,18-22H2,1-2H3. The van der Waals surface area contributed by atoms with Gasteiger partial charge in [-0.15, -0.1) is 0 Å². The van der Waals surface area contributed by atoms with Crippen molar-refractivity contribution in [2.45, 2.75) is 58.0 Å². The maximum Gasteiger partial charge on any atom is 0.223 e. The van der Waals surface area contributed by atoms with Gasteiger partial charge < -0.3 is 14.2 Å². The van der Waals surface area contributed by atoms with Crippen LogP contribution in [0.3, 0.4) is 0 Å². The molecule has 1 saturated heterocycles. The van der Waals surface area contributed by atoms with Gasteiger partial charge in [-0.3, -0.25) is 4.79 Å². The predicted molar refractivity (Wildman–Crippen MR) is 144 cm³/mol. The Hall–Kier alpha value is -3.60. The summed E-state index contributed by atoms with van der Waals surface area (Å²) in [6.07, 6.45) is 2.47. The van der Waals surface area contributed by atoms with Crippen LogP contribution in [-0.2, 0) is 17.9 Å². The second-order valence-electron chi connectivity index (χ2n) is 10.0. The summed E-state index contributed by atoms with van der Waals surface area (Å²) in [5.41, 5.74) is 4.57. The topological polar surface area (TPSA) is 47.4 Å². The maximum atomic E-state index is 12.9. The molecule has 0 bridgehead atoms. The monoisotopic (exact) mass is 481 g/mol. The van der Waals surface area contributed by atoms with Gasteiger partial charge in [0.05, 0.1) is 17.6 Å². The fourth-order valence-electron chi connectivity index (χ4n) is 5.19. The second-order valence-corrected chi connectivity index (χ2v) is 10.0. The molecule has 0 spiro atoms. The van der Waals surface area contributed by atoms with E-state index in [1.54, 1.807) is 0 Å². The molecule has 2 heterocycles. The average Bonchev–Trinajstić information content (AvgIpc) is 3.44. The molecule has 5 nitrogen and oxygen atoms in total. The number of rotatable bonds is 10. The highest BCUT2D eigenvalue weighted by molar-refractivity contribution is 5.81. The Balaban J connectivity index is 1.25. The number of hydrogen-bond acceptors (Lipinski definition) is 3. The van der Waals surface area contributed by atoms with Crippen LogP contribution >= 0.6 is 0 Å². The molecule has 1 atom stereocenters. The normalized spacial score (nSPS) is 15.8. The van der Waals surface area contributed by atoms with Crippen molar-refractivity contribution in [1.82, 2.24) is 14.5 Å². The third kappa shape index (κ3) is 5.30. The van der Waals surface area contributed by atoms with Gasteiger partial charge in [-0.05, 0) is 48.1 Å². The summed E-state index contributed by atoms with van der Waals surface area (Å²) in [4.78, 5) is 19.8. The second kappa shape index (κ2) is 11.0. The van der Waals surface area contributed by atoms with Crippen molar-refractivity contribution in [2.24, 2.45) is 0 Å². The van der Waals surface area contributed by atoms with Crippen molar-refractivity contribution < 1.29 is 9.53 Å². The van der Waals surface area contributed by atoms with E-state index in [4.69, 9.17) is 9.72 Å². The Morgan fingerprint density at radius 3 is 2.53 bits per heavy atom. The van der Waals surface area contributed by atoms with Gasteiger partial charge in [-0.25, -0.2) is 4.98 Å². The van der Waals surface area contributed by atoms with Crippen molar-refractivity contribution in [2.75, 3.05) is 13.2 Å². The minimum absolute atomic E-state index is 0.114. The Morgan fingerprint density at radius 2 is 1.69 bits per heavy atom. The molecule has 0 N–H and O–H groups in total. The SMILES string of the molecule is CC(C)c1ccccc1OCCCCn1c(C2CC(=O)N(Cc3ccccc3)C2)nc2ccccc21. The lowest BCUT2D eigenvalue weighted by Gasteiger charge is -2.17. The summed E-state index contributed by atoms with van der Waals surface area (Å²) in [6.45, 7) is 7.33. The molecule has 0 radical (unpaired) electrons. The molecule has 1 amide bonds. The number of aryl methyl sites for hydroxylation is 1. The van der Waals surface area contributed by atoms with Gasteiger partial charge in [0, 0.05) is 32.0 Å². The highest BCUT2D eigenvalue weighted by Crippen LogP contribution is 2.32. The molecule has 1 aromatic heterocycles. The van der Waals surface area contributed by atoms with Crippen LogP contribution in [0.4, 0.5) is 0 Å². The minimum atomic E-state index is 0.114. The van der Waals surface area contributed by atoms with Crippen LogP contribution in [0.5, 0.6) is 5.75 Å². The summed E-state index contributed by atoms with van der Waals surface area (Å²) in [5.74, 6) is 2.79. The average molecular weight is 482 g/mol. The van der Waals surface area contributed by atoms with E-state index in [0.717, 1.165) is 42.0 Å². The summed E-state index contributed by atoms with van der Waals surface area (Å²) >= 11 is 0. The van der Waals surface area contributed by atoms with E-state index in [9.17, 15) is 4.79 Å². The Bertz CT molecular complexity index is 1310. The maximum absolute atomic E-state index is 12.9. The van der Waals surface area contributed by atoms with Gasteiger partial charge in [0.2, 0.25) is 5.91 Å². The fourth-order valence-corrected chi connectivity index (χ4v) is 5.19. The van der Waals surface area contributed by atoms with E-state index in [2.05, 4.69) is 66.9 Å². The van der Waals surface area contributed by atoms with E-state index in [-0.39, 0.29) is 11.8 Å². The molecule has 4 aromatic rings. The summed E-state index contributed by atoms with van der Waals surface area (Å²) in [5, 5.41) is 0. The summed E-state index contributed by atoms with van der Waals surface area (Å²) in [6, 6.07) is 26.8. The minimum Gasteiger partial charge on any atom is -0.493 e. The fraction of sp³-hybridized carbons (Fsp3) is 0.355. The Labute approximate surface area is 213 Å². The lowest BCUT2D eigenvalue weighted by Crippen LogP contribution is -2.24. The van der Waals surface area contributed by atoms with Gasteiger partial charge in [-0.1, -0.05) is 74.5 Å². The summed E-state index contributed by atoms with van der Waals surface area (Å²) in [7, 11) is 0. The van der Waals surface area contributed by atoms with Crippen molar-refractivity contribution in [1.29, 1.82) is 0 Å². The molecule has 36 heavy (non-hydrogen) atoms. The number of amides is 1. The van der Waals surface area contributed by atoms with E-state index < -0.39 is 0 Å². The van der Waals surface area contributed by atoms with Crippen LogP contribution in [0.2, 0.25) is 0 Å². The number of ether oxygens (including phenoxy) is 1. The molecule has 0 aliphatic carbocycles. The molecular formula is C31H35N3O2. The predicted octanol–water partition coefficient (Wildman–Crippen LogP) is 6.54. The number of fused-ring (bicyclic) bond motifs is 1. The van der Waals surface area contributed by atoms with Crippen LogP contribution in [0, 0.1) is 0 Å². The highest BCUT2D eigenvalue weighted by atomic mass is 16.5. The molecule has 5 heteroatoms. The number of aromatic nitrogens is 2. The first-order valence-electron chi connectivity index (χ1n) is 13.1. The first-order chi connectivity index (χ1) is 17.6. The molecule has 1 unspecified atom stereocenters. The van der Waals surface area contributed by atoms with Crippen LogP contribution in [0.1, 0.15) is 61.9 Å². The zero-order valence-corrected chi connectivity index (χ0v) is 21.3. The molecule has 5 rings (SSSR count). The van der Waals surface area contributed by atoms with Crippen LogP contribution in [-0.4, -0.2) is 33.5 Å². The Morgan fingerprint density at radius 1 is 0.944 bits per heavy atom. The third-order valence-corrected chi connectivity index (χ3v) is 7.05. The van der Waals surface area contributed by atoms with Crippen molar-refractivity contribution in [3.05, 3.63) is 95.8 Å². The largest absolute Gasteiger partial charge is 0.493 e. The number of benzene rings is 3. The summed E-state index contributed by atoms with van der Waals surface area (Å²) < 4.78 is 8.48. The van der Waals surface area contributed by atoms with Gasteiger partial charge in [-0.2, -0.15) is 0 Å². The first kappa shape index (κ1) is 24.1. The van der Waals surface area contributed by atoms with E-state index in [1.165, 1.54) is 11.1 Å². The smallest absolute Gasteiger partial charge is 0.223 e. The van der Waals surface area contributed by atoms with Crippen molar-refractivity contribution in [3.63, 3.8) is 0 Å². The van der Waals surface area contributed by atoms with E-state index >= 15 is 0 Å². The molecule has 3 aromatic carbocycles. The van der Waals surface area contributed by atoms with Gasteiger partial charge in [0.1, 0.15) is 11.6 Å². The number of carbonyl (C=O) groups excluding carboxylic acids is 1. The number of likely N-dealkylation sites (tertiary alicyclic amines) is 1. The first-order valence-corrected chi connectivity index (χ1v) is 13.1. The van der Waals surface area contributed by atoms with Crippen molar-refractivity contribution in [3.8, 4) is 5.75 Å². The van der Waals surface area contributed by atoms with Crippen LogP contribution < -0.4 is 4.74 Å². The Kier molecular flexibility index (Phi) is 7.36. The third-order valence-electron chi connectivity index (χ3n) is 7.05. The lowest BCUT2D eigenvalue weighted by molar-refractivity contribution is -0.128. The molecule has 1 fully saturated rings. The van der Waals surface area contributed by atoms with E-state index in [1.807, 2.05) is 35.2 Å². The molecule has 0 saturated carbocycles. The zero-order chi connectivity index (χ0) is 24.9. The van der Waals surface area contributed by atoms with Gasteiger partial charge in [0.15, 0.2) is 0 Å².